The number of ether oxygens (including phenoxy) is 1. The number of carbonyl (C=O) groups excluding carboxylic acids is 1. The molecule has 0 fully saturated rings. The summed E-state index contributed by atoms with van der Waals surface area (Å²) < 4.78 is 8.26. The SMILES string of the molecule is Cc1cc(Br)cc(Br)c1OCC(=O)NN=Cc1ccc(Br)cc1. The largest absolute Gasteiger partial charge is 0.482 e. The average Bonchev–Trinajstić information content (AvgIpc) is 2.48. The highest BCUT2D eigenvalue weighted by Crippen LogP contribution is 2.32. The normalized spacial score (nSPS) is 10.8. The summed E-state index contributed by atoms with van der Waals surface area (Å²) in [5.74, 6) is 0.313. The fraction of sp³-hybridized carbons (Fsp3) is 0.125. The number of amides is 1. The van der Waals surface area contributed by atoms with Gasteiger partial charge in [0.2, 0.25) is 0 Å². The van der Waals surface area contributed by atoms with E-state index >= 15 is 0 Å². The lowest BCUT2D eigenvalue weighted by atomic mass is 10.2. The van der Waals surface area contributed by atoms with Gasteiger partial charge in [-0.2, -0.15) is 5.10 Å². The number of halogens is 3. The van der Waals surface area contributed by atoms with E-state index in [0.717, 1.165) is 24.5 Å². The molecule has 1 N–H and O–H groups in total. The molecule has 0 saturated carbocycles. The van der Waals surface area contributed by atoms with Crippen LogP contribution in [0.2, 0.25) is 0 Å². The summed E-state index contributed by atoms with van der Waals surface area (Å²) in [6.45, 7) is 1.80. The number of hydrogen-bond donors (Lipinski definition) is 1. The Labute approximate surface area is 159 Å². The van der Waals surface area contributed by atoms with Gasteiger partial charge in [-0.3, -0.25) is 4.79 Å². The lowest BCUT2D eigenvalue weighted by Crippen LogP contribution is -2.24. The minimum Gasteiger partial charge on any atom is -0.482 e. The summed E-state index contributed by atoms with van der Waals surface area (Å²) in [6.07, 6.45) is 1.57. The Morgan fingerprint density at radius 3 is 2.52 bits per heavy atom. The fourth-order valence-corrected chi connectivity index (χ4v) is 3.59. The van der Waals surface area contributed by atoms with Gasteiger partial charge in [-0.1, -0.05) is 44.0 Å². The molecule has 0 aromatic heterocycles. The number of benzene rings is 2. The molecule has 0 bridgehead atoms. The average molecular weight is 505 g/mol. The van der Waals surface area contributed by atoms with Crippen LogP contribution in [0.5, 0.6) is 5.75 Å². The lowest BCUT2D eigenvalue weighted by molar-refractivity contribution is -0.123. The minimum absolute atomic E-state index is 0.112. The van der Waals surface area contributed by atoms with Crippen molar-refractivity contribution in [2.75, 3.05) is 6.61 Å². The highest BCUT2D eigenvalue weighted by Gasteiger charge is 2.09. The van der Waals surface area contributed by atoms with E-state index in [1.807, 2.05) is 43.3 Å². The summed E-state index contributed by atoms with van der Waals surface area (Å²) in [7, 11) is 0. The molecule has 2 aromatic carbocycles. The first-order valence-corrected chi connectivity index (χ1v) is 8.99. The molecule has 2 rings (SSSR count). The molecule has 0 saturated heterocycles. The monoisotopic (exact) mass is 502 g/mol. The number of nitrogens with one attached hydrogen (secondary N) is 1. The van der Waals surface area contributed by atoms with E-state index < -0.39 is 0 Å². The highest BCUT2D eigenvalue weighted by molar-refractivity contribution is 9.11. The van der Waals surface area contributed by atoms with Crippen LogP contribution in [0.1, 0.15) is 11.1 Å². The van der Waals surface area contributed by atoms with Crippen molar-refractivity contribution in [1.82, 2.24) is 5.43 Å². The Morgan fingerprint density at radius 1 is 1.17 bits per heavy atom. The third kappa shape index (κ3) is 5.75. The van der Waals surface area contributed by atoms with Crippen LogP contribution in [0.3, 0.4) is 0 Å². The minimum atomic E-state index is -0.326. The molecule has 2 aromatic rings. The first-order chi connectivity index (χ1) is 11.0. The molecule has 0 radical (unpaired) electrons. The standard InChI is InChI=1S/C16H13Br3N2O2/c1-10-6-13(18)7-14(19)16(10)23-9-15(22)21-20-8-11-2-4-12(17)5-3-11/h2-8H,9H2,1H3,(H,21,22). The van der Waals surface area contributed by atoms with Crippen molar-refractivity contribution < 1.29 is 9.53 Å². The first-order valence-electron chi connectivity index (χ1n) is 6.61. The van der Waals surface area contributed by atoms with Gasteiger partial charge in [0, 0.05) is 8.95 Å². The Bertz CT molecular complexity index is 708. The van der Waals surface area contributed by atoms with Crippen LogP contribution in [0, 0.1) is 6.92 Å². The van der Waals surface area contributed by atoms with E-state index in [1.165, 1.54) is 0 Å². The Kier molecular flexibility index (Phi) is 6.80. The number of aryl methyl sites for hydroxylation is 1. The lowest BCUT2D eigenvalue weighted by Gasteiger charge is -2.10. The predicted octanol–water partition coefficient (Wildman–Crippen LogP) is 4.81. The molecule has 0 spiro atoms. The Balaban J connectivity index is 1.87. The fourth-order valence-electron chi connectivity index (χ4n) is 1.77. The van der Waals surface area contributed by atoms with E-state index in [0.29, 0.717) is 5.75 Å². The van der Waals surface area contributed by atoms with E-state index in [2.05, 4.69) is 58.3 Å². The van der Waals surface area contributed by atoms with Gasteiger partial charge in [0.05, 0.1) is 10.7 Å². The van der Waals surface area contributed by atoms with E-state index in [4.69, 9.17) is 4.74 Å². The van der Waals surface area contributed by atoms with Crippen LogP contribution < -0.4 is 10.2 Å². The van der Waals surface area contributed by atoms with E-state index in [1.54, 1.807) is 6.21 Å². The first kappa shape index (κ1) is 18.2. The molecule has 23 heavy (non-hydrogen) atoms. The van der Waals surface area contributed by atoms with Crippen LogP contribution >= 0.6 is 47.8 Å². The molecule has 4 nitrogen and oxygen atoms in total. The zero-order chi connectivity index (χ0) is 16.8. The third-order valence-electron chi connectivity index (χ3n) is 2.81. The van der Waals surface area contributed by atoms with Gasteiger partial charge < -0.3 is 4.74 Å². The number of rotatable bonds is 5. The molecule has 0 atom stereocenters. The van der Waals surface area contributed by atoms with Crippen molar-refractivity contribution in [2.24, 2.45) is 5.10 Å². The van der Waals surface area contributed by atoms with Crippen LogP contribution in [0.15, 0.2) is 54.9 Å². The number of carbonyl (C=O) groups is 1. The van der Waals surface area contributed by atoms with Gasteiger partial charge in [0.15, 0.2) is 6.61 Å². The van der Waals surface area contributed by atoms with Crippen LogP contribution in [-0.4, -0.2) is 18.7 Å². The van der Waals surface area contributed by atoms with Crippen LogP contribution in [0.25, 0.3) is 0 Å². The maximum absolute atomic E-state index is 11.8. The second-order valence-corrected chi connectivity index (χ2v) is 7.35. The third-order valence-corrected chi connectivity index (χ3v) is 4.39. The maximum atomic E-state index is 11.8. The van der Waals surface area contributed by atoms with E-state index in [-0.39, 0.29) is 12.5 Å². The van der Waals surface area contributed by atoms with Crippen molar-refractivity contribution in [3.8, 4) is 5.75 Å². The summed E-state index contributed by atoms with van der Waals surface area (Å²) in [4.78, 5) is 11.8. The quantitative estimate of drug-likeness (QED) is 0.469. The predicted molar refractivity (Wildman–Crippen MR) is 102 cm³/mol. The molecular weight excluding hydrogens is 492 g/mol. The molecule has 7 heteroatoms. The molecule has 0 aliphatic rings. The Hall–Kier alpha value is -1.18. The highest BCUT2D eigenvalue weighted by atomic mass is 79.9. The summed E-state index contributed by atoms with van der Waals surface area (Å²) >= 11 is 10.2. The molecule has 0 unspecified atom stereocenters. The molecule has 0 heterocycles. The van der Waals surface area contributed by atoms with Gasteiger partial charge in [-0.05, 0) is 58.2 Å². The van der Waals surface area contributed by atoms with Crippen molar-refractivity contribution in [2.45, 2.75) is 6.92 Å². The molecule has 0 aliphatic heterocycles. The van der Waals surface area contributed by atoms with Gasteiger partial charge in [0.25, 0.3) is 5.91 Å². The second-order valence-electron chi connectivity index (χ2n) is 4.67. The topological polar surface area (TPSA) is 50.7 Å². The van der Waals surface area contributed by atoms with E-state index in [9.17, 15) is 4.79 Å². The van der Waals surface area contributed by atoms with Crippen molar-refractivity contribution in [3.05, 3.63) is 60.9 Å². The van der Waals surface area contributed by atoms with Crippen LogP contribution in [0.4, 0.5) is 0 Å². The number of hydrogen-bond acceptors (Lipinski definition) is 3. The van der Waals surface area contributed by atoms with Crippen LogP contribution in [-0.2, 0) is 4.79 Å². The zero-order valence-electron chi connectivity index (χ0n) is 12.1. The Morgan fingerprint density at radius 2 is 1.87 bits per heavy atom. The molecule has 120 valence electrons. The van der Waals surface area contributed by atoms with Gasteiger partial charge in [-0.15, -0.1) is 0 Å². The van der Waals surface area contributed by atoms with Gasteiger partial charge >= 0.3 is 0 Å². The van der Waals surface area contributed by atoms with Crippen molar-refractivity contribution >= 4 is 59.9 Å². The molecule has 0 aliphatic carbocycles. The number of hydrazone groups is 1. The smallest absolute Gasteiger partial charge is 0.277 e. The summed E-state index contributed by atoms with van der Waals surface area (Å²) in [5, 5.41) is 3.90. The summed E-state index contributed by atoms with van der Waals surface area (Å²) in [5.41, 5.74) is 4.25. The van der Waals surface area contributed by atoms with Crippen molar-refractivity contribution in [3.63, 3.8) is 0 Å². The molecule has 1 amide bonds. The summed E-state index contributed by atoms with van der Waals surface area (Å²) in [6, 6.07) is 11.4. The maximum Gasteiger partial charge on any atom is 0.277 e. The molecular formula is C16H13Br3N2O2. The van der Waals surface area contributed by atoms with Gasteiger partial charge in [-0.25, -0.2) is 5.43 Å². The zero-order valence-corrected chi connectivity index (χ0v) is 16.9. The van der Waals surface area contributed by atoms with Gasteiger partial charge in [0.1, 0.15) is 5.75 Å². The van der Waals surface area contributed by atoms with Crippen molar-refractivity contribution in [1.29, 1.82) is 0 Å². The second kappa shape index (κ2) is 8.61. The number of nitrogens with zero attached hydrogens (tertiary/aromatic N) is 1.